The summed E-state index contributed by atoms with van der Waals surface area (Å²) in [6.45, 7) is 7.31. The van der Waals surface area contributed by atoms with Crippen molar-refractivity contribution in [1.29, 1.82) is 0 Å². The predicted octanol–water partition coefficient (Wildman–Crippen LogP) is 3.31. The first-order valence-corrected chi connectivity index (χ1v) is 7.83. The first kappa shape index (κ1) is 15.6. The molecule has 0 spiro atoms. The van der Waals surface area contributed by atoms with Gasteiger partial charge >= 0.3 is 0 Å². The second-order valence-electron chi connectivity index (χ2n) is 5.69. The lowest BCUT2D eigenvalue weighted by Crippen LogP contribution is -2.38. The van der Waals surface area contributed by atoms with Crippen LogP contribution in [-0.4, -0.2) is 42.7 Å². The lowest BCUT2D eigenvalue weighted by molar-refractivity contribution is 0.199. The van der Waals surface area contributed by atoms with Crippen molar-refractivity contribution in [1.82, 2.24) is 4.90 Å². The third kappa shape index (κ3) is 3.46. The molecule has 4 heteroatoms. The van der Waals surface area contributed by atoms with Gasteiger partial charge in [0.25, 0.3) is 0 Å². The Kier molecular flexibility index (Phi) is 5.30. The van der Waals surface area contributed by atoms with Crippen LogP contribution in [0.1, 0.15) is 38.4 Å². The second-order valence-corrected chi connectivity index (χ2v) is 6.10. The fourth-order valence-corrected chi connectivity index (χ4v) is 3.36. The van der Waals surface area contributed by atoms with Crippen LogP contribution in [0.4, 0.5) is 5.69 Å². The molecule has 2 atom stereocenters. The molecule has 1 aliphatic heterocycles. The lowest BCUT2D eigenvalue weighted by Gasteiger charge is -2.29. The molecule has 0 saturated carbocycles. The number of aliphatic hydroxyl groups excluding tert-OH is 1. The number of likely N-dealkylation sites (N-methyl/N-ethyl adjacent to an activating group) is 2. The molecule has 1 aromatic rings. The molecule has 0 radical (unpaired) electrons. The summed E-state index contributed by atoms with van der Waals surface area (Å²) < 4.78 is 0. The van der Waals surface area contributed by atoms with Crippen molar-refractivity contribution >= 4 is 17.3 Å². The van der Waals surface area contributed by atoms with E-state index in [4.69, 9.17) is 11.6 Å². The monoisotopic (exact) mass is 296 g/mol. The molecule has 1 unspecified atom stereocenters. The zero-order valence-corrected chi connectivity index (χ0v) is 13.4. The van der Waals surface area contributed by atoms with Crippen LogP contribution < -0.4 is 4.90 Å². The third-order valence-electron chi connectivity index (χ3n) is 4.26. The van der Waals surface area contributed by atoms with Gasteiger partial charge in [0.2, 0.25) is 0 Å². The Bertz CT molecular complexity index is 450. The van der Waals surface area contributed by atoms with Crippen LogP contribution in [0.2, 0.25) is 5.02 Å². The highest BCUT2D eigenvalue weighted by molar-refractivity contribution is 6.33. The van der Waals surface area contributed by atoms with Crippen molar-refractivity contribution in [2.24, 2.45) is 0 Å². The summed E-state index contributed by atoms with van der Waals surface area (Å²) in [7, 11) is 2.09. The van der Waals surface area contributed by atoms with Crippen LogP contribution in [0.5, 0.6) is 0 Å². The summed E-state index contributed by atoms with van der Waals surface area (Å²) in [4.78, 5) is 4.77. The van der Waals surface area contributed by atoms with Gasteiger partial charge in [-0.3, -0.25) is 4.90 Å². The number of hydrogen-bond donors (Lipinski definition) is 1. The molecule has 1 heterocycles. The van der Waals surface area contributed by atoms with Crippen LogP contribution in [0, 0.1) is 0 Å². The summed E-state index contributed by atoms with van der Waals surface area (Å²) in [5, 5.41) is 10.3. The molecule has 2 rings (SSSR count). The number of anilines is 1. The maximum absolute atomic E-state index is 9.60. The number of halogens is 1. The molecule has 1 N–H and O–H groups in total. The van der Waals surface area contributed by atoms with E-state index in [0.717, 1.165) is 24.3 Å². The number of benzene rings is 1. The van der Waals surface area contributed by atoms with Crippen molar-refractivity contribution < 1.29 is 5.11 Å². The molecular weight excluding hydrogens is 272 g/mol. The Labute approximate surface area is 127 Å². The minimum atomic E-state index is -0.475. The number of nitrogens with zero attached hydrogens (tertiary/aromatic N) is 2. The minimum absolute atomic E-state index is 0.475. The molecule has 0 bridgehead atoms. The van der Waals surface area contributed by atoms with Crippen molar-refractivity contribution in [3.63, 3.8) is 0 Å². The lowest BCUT2D eigenvalue weighted by atomic mass is 10.1. The van der Waals surface area contributed by atoms with Crippen LogP contribution >= 0.6 is 11.6 Å². The summed E-state index contributed by atoms with van der Waals surface area (Å²) in [5.41, 5.74) is 1.90. The average Bonchev–Trinajstić information content (AvgIpc) is 2.85. The Balaban J connectivity index is 2.07. The minimum Gasteiger partial charge on any atom is -0.389 e. The molecule has 0 aliphatic carbocycles. The highest BCUT2D eigenvalue weighted by Crippen LogP contribution is 2.29. The topological polar surface area (TPSA) is 26.7 Å². The van der Waals surface area contributed by atoms with Gasteiger partial charge in [0, 0.05) is 19.6 Å². The van der Waals surface area contributed by atoms with Gasteiger partial charge in [-0.25, -0.2) is 0 Å². The van der Waals surface area contributed by atoms with E-state index in [1.807, 2.05) is 18.2 Å². The van der Waals surface area contributed by atoms with Gasteiger partial charge in [0.05, 0.1) is 16.8 Å². The van der Waals surface area contributed by atoms with Crippen molar-refractivity contribution in [3.05, 3.63) is 28.8 Å². The maximum atomic E-state index is 9.60. The first-order valence-electron chi connectivity index (χ1n) is 7.45. The number of hydrogen-bond acceptors (Lipinski definition) is 3. The van der Waals surface area contributed by atoms with Crippen LogP contribution in [-0.2, 0) is 0 Å². The van der Waals surface area contributed by atoms with E-state index in [-0.39, 0.29) is 0 Å². The highest BCUT2D eigenvalue weighted by Gasteiger charge is 2.24. The third-order valence-corrected chi connectivity index (χ3v) is 4.56. The number of rotatable bonds is 5. The smallest absolute Gasteiger partial charge is 0.0762 e. The van der Waals surface area contributed by atoms with Crippen LogP contribution in [0.3, 0.4) is 0 Å². The SMILES string of the molecule is CCN1CCCC1CN(C)c1ccc([C@H](C)O)cc1Cl. The van der Waals surface area contributed by atoms with Gasteiger partial charge in [0.1, 0.15) is 0 Å². The van der Waals surface area contributed by atoms with E-state index in [1.54, 1.807) is 6.92 Å². The Morgan fingerprint density at radius 3 is 2.85 bits per heavy atom. The molecule has 0 aromatic heterocycles. The summed E-state index contributed by atoms with van der Waals surface area (Å²) >= 11 is 6.36. The van der Waals surface area contributed by atoms with E-state index in [9.17, 15) is 5.11 Å². The summed E-state index contributed by atoms with van der Waals surface area (Å²) in [6.07, 6.45) is 2.08. The average molecular weight is 297 g/mol. The molecule has 0 amide bonds. The maximum Gasteiger partial charge on any atom is 0.0762 e. The van der Waals surface area contributed by atoms with Crippen molar-refractivity contribution in [2.45, 2.75) is 38.8 Å². The predicted molar refractivity (Wildman–Crippen MR) is 85.6 cm³/mol. The van der Waals surface area contributed by atoms with Crippen LogP contribution in [0.15, 0.2) is 18.2 Å². The van der Waals surface area contributed by atoms with Crippen molar-refractivity contribution in [2.75, 3.05) is 31.6 Å². The number of likely N-dealkylation sites (tertiary alicyclic amines) is 1. The van der Waals surface area contributed by atoms with E-state index >= 15 is 0 Å². The molecule has 112 valence electrons. The van der Waals surface area contributed by atoms with E-state index in [2.05, 4.69) is 23.8 Å². The molecule has 20 heavy (non-hydrogen) atoms. The summed E-state index contributed by atoms with van der Waals surface area (Å²) in [5.74, 6) is 0. The largest absolute Gasteiger partial charge is 0.389 e. The second kappa shape index (κ2) is 6.79. The Hall–Kier alpha value is -0.770. The number of aliphatic hydroxyl groups is 1. The van der Waals surface area contributed by atoms with Gasteiger partial charge < -0.3 is 10.0 Å². The quantitative estimate of drug-likeness (QED) is 0.903. The normalized spacial score (nSPS) is 21.1. The Morgan fingerprint density at radius 1 is 1.50 bits per heavy atom. The van der Waals surface area contributed by atoms with Gasteiger partial charge in [-0.1, -0.05) is 24.6 Å². The molecule has 1 fully saturated rings. The fourth-order valence-electron chi connectivity index (χ4n) is 3.03. The zero-order chi connectivity index (χ0) is 14.7. The van der Waals surface area contributed by atoms with Gasteiger partial charge in [0.15, 0.2) is 0 Å². The first-order chi connectivity index (χ1) is 9.52. The van der Waals surface area contributed by atoms with Gasteiger partial charge in [-0.2, -0.15) is 0 Å². The van der Waals surface area contributed by atoms with Gasteiger partial charge in [-0.05, 0) is 50.6 Å². The summed E-state index contributed by atoms with van der Waals surface area (Å²) in [6, 6.07) is 6.45. The van der Waals surface area contributed by atoms with E-state index in [1.165, 1.54) is 19.4 Å². The van der Waals surface area contributed by atoms with Gasteiger partial charge in [-0.15, -0.1) is 0 Å². The molecule has 1 aromatic carbocycles. The molecular formula is C16H25ClN2O. The van der Waals surface area contributed by atoms with Crippen LogP contribution in [0.25, 0.3) is 0 Å². The standard InChI is InChI=1S/C16H25ClN2O/c1-4-19-9-5-6-14(19)11-18(3)16-8-7-13(12(2)20)10-15(16)17/h7-8,10,12,14,20H,4-6,9,11H2,1-3H3/t12-,14?/m0/s1. The zero-order valence-electron chi connectivity index (χ0n) is 12.6. The molecule has 1 aliphatic rings. The Morgan fingerprint density at radius 2 is 2.25 bits per heavy atom. The van der Waals surface area contributed by atoms with Crippen molar-refractivity contribution in [3.8, 4) is 0 Å². The highest BCUT2D eigenvalue weighted by atomic mass is 35.5. The van der Waals surface area contributed by atoms with E-state index in [0.29, 0.717) is 11.1 Å². The fraction of sp³-hybridized carbons (Fsp3) is 0.625. The van der Waals surface area contributed by atoms with E-state index < -0.39 is 6.10 Å². The molecule has 1 saturated heterocycles. The molecule has 3 nitrogen and oxygen atoms in total.